The number of likely N-dealkylation sites (tertiary alicyclic amines) is 1. The molecule has 1 heterocycles. The Kier molecular flexibility index (Phi) is 8.19. The monoisotopic (exact) mass is 553 g/mol. The molecular weight excluding hydrogens is 521 g/mol. The van der Waals surface area contributed by atoms with Gasteiger partial charge < -0.3 is 10.0 Å². The van der Waals surface area contributed by atoms with E-state index in [1.54, 1.807) is 30.0 Å². The lowest BCUT2D eigenvalue weighted by Gasteiger charge is -2.54. The Balaban J connectivity index is 2.34. The quantitative estimate of drug-likeness (QED) is 0.454. The predicted molar refractivity (Wildman–Crippen MR) is 143 cm³/mol. The maximum Gasteiger partial charge on any atom is 0.304 e. The van der Waals surface area contributed by atoms with Crippen molar-refractivity contribution >= 4 is 44.9 Å². The van der Waals surface area contributed by atoms with Crippen LogP contribution in [0.5, 0.6) is 0 Å². The van der Waals surface area contributed by atoms with Gasteiger partial charge in [-0.3, -0.25) is 9.59 Å². The van der Waals surface area contributed by atoms with Crippen molar-refractivity contribution in [3.05, 3.63) is 69.7 Å². The summed E-state index contributed by atoms with van der Waals surface area (Å²) in [6.07, 6.45) is 1.04. The third-order valence-electron chi connectivity index (χ3n) is 6.93. The molecule has 0 aliphatic carbocycles. The summed E-state index contributed by atoms with van der Waals surface area (Å²) < 4.78 is 25.2. The summed E-state index contributed by atoms with van der Waals surface area (Å²) in [7, 11) is -3.49. The van der Waals surface area contributed by atoms with Crippen molar-refractivity contribution in [3.8, 4) is 0 Å². The van der Waals surface area contributed by atoms with Crippen molar-refractivity contribution < 1.29 is 23.1 Å². The topological polar surface area (TPSA) is 91.8 Å². The lowest BCUT2D eigenvalue weighted by Crippen LogP contribution is -2.60. The minimum Gasteiger partial charge on any atom is -0.481 e. The highest BCUT2D eigenvalue weighted by atomic mass is 35.5. The number of nitrogens with zero attached hydrogens (tertiary/aromatic N) is 1. The van der Waals surface area contributed by atoms with Gasteiger partial charge in [0.15, 0.2) is 0 Å². The van der Waals surface area contributed by atoms with Crippen LogP contribution in [0.25, 0.3) is 0 Å². The number of piperidine rings is 1. The van der Waals surface area contributed by atoms with Crippen LogP contribution in [-0.4, -0.2) is 48.4 Å². The second-order valence-corrected chi connectivity index (χ2v) is 14.2. The largest absolute Gasteiger partial charge is 0.481 e. The van der Waals surface area contributed by atoms with Crippen LogP contribution in [0.2, 0.25) is 10.0 Å². The lowest BCUT2D eigenvalue weighted by molar-refractivity contribution is -0.162. The van der Waals surface area contributed by atoms with Crippen molar-refractivity contribution in [2.24, 2.45) is 10.8 Å². The fraction of sp³-hybridized carbons (Fsp3) is 0.481. The molecule has 1 saturated heterocycles. The van der Waals surface area contributed by atoms with Crippen molar-refractivity contribution in [2.75, 3.05) is 12.0 Å². The van der Waals surface area contributed by atoms with E-state index in [0.29, 0.717) is 10.0 Å². The van der Waals surface area contributed by atoms with Crippen molar-refractivity contribution in [1.82, 2.24) is 4.90 Å². The van der Waals surface area contributed by atoms with Gasteiger partial charge in [0.05, 0.1) is 29.7 Å². The van der Waals surface area contributed by atoms with E-state index >= 15 is 0 Å². The third-order valence-corrected chi connectivity index (χ3v) is 8.34. The molecule has 0 radical (unpaired) electrons. The lowest BCUT2D eigenvalue weighted by atomic mass is 9.66. The summed E-state index contributed by atoms with van der Waals surface area (Å²) >= 11 is 12.5. The van der Waals surface area contributed by atoms with Gasteiger partial charge in [-0.15, -0.1) is 0 Å². The Morgan fingerprint density at radius 1 is 1.11 bits per heavy atom. The van der Waals surface area contributed by atoms with Crippen molar-refractivity contribution in [3.63, 3.8) is 0 Å². The molecule has 196 valence electrons. The van der Waals surface area contributed by atoms with Crippen molar-refractivity contribution in [1.29, 1.82) is 0 Å². The average molecular weight is 555 g/mol. The Labute approximate surface area is 223 Å². The fourth-order valence-electron chi connectivity index (χ4n) is 5.26. The Hall–Kier alpha value is -2.09. The molecule has 36 heavy (non-hydrogen) atoms. The third kappa shape index (κ3) is 6.42. The van der Waals surface area contributed by atoms with E-state index in [1.807, 2.05) is 51.1 Å². The zero-order chi connectivity index (χ0) is 27.1. The van der Waals surface area contributed by atoms with Crippen LogP contribution in [0.1, 0.15) is 63.6 Å². The molecule has 1 fully saturated rings. The van der Waals surface area contributed by atoms with Crippen LogP contribution in [0, 0.1) is 10.8 Å². The van der Waals surface area contributed by atoms with Gasteiger partial charge in [0.1, 0.15) is 9.84 Å². The molecule has 0 unspecified atom stereocenters. The summed E-state index contributed by atoms with van der Waals surface area (Å²) in [5, 5.41) is 10.8. The van der Waals surface area contributed by atoms with Crippen LogP contribution in [0.4, 0.5) is 0 Å². The number of halogens is 2. The first kappa shape index (κ1) is 28.5. The number of carboxylic acid groups (broad SMARTS) is 1. The van der Waals surface area contributed by atoms with E-state index in [4.69, 9.17) is 23.2 Å². The molecule has 1 aliphatic heterocycles. The van der Waals surface area contributed by atoms with Gasteiger partial charge >= 0.3 is 5.97 Å². The van der Waals surface area contributed by atoms with Gasteiger partial charge in [-0.1, -0.05) is 75.2 Å². The van der Waals surface area contributed by atoms with E-state index in [9.17, 15) is 23.1 Å². The Morgan fingerprint density at radius 3 is 2.22 bits per heavy atom. The molecule has 0 spiro atoms. The fourth-order valence-corrected chi connectivity index (χ4v) is 6.82. The van der Waals surface area contributed by atoms with Crippen molar-refractivity contribution in [2.45, 2.75) is 58.5 Å². The number of carbonyl (C=O) groups is 2. The average Bonchev–Trinajstić information content (AvgIpc) is 2.73. The zero-order valence-electron chi connectivity index (χ0n) is 21.2. The summed E-state index contributed by atoms with van der Waals surface area (Å²) in [6.45, 7) is 7.35. The van der Waals surface area contributed by atoms with Crippen LogP contribution in [0.3, 0.4) is 0 Å². The maximum absolute atomic E-state index is 14.3. The summed E-state index contributed by atoms with van der Waals surface area (Å²) in [5.41, 5.74) is -0.228. The number of rotatable bonds is 7. The SMILES string of the molecule is CC(C)(C)[C@@H](CS(C)(=O)=O)N1C(=O)[C@@](C)(CC(=O)O)C[C@H](c2cccc(Cl)c2)[C@H]1c1ccc(Cl)cc1. The predicted octanol–water partition coefficient (Wildman–Crippen LogP) is 5.99. The zero-order valence-corrected chi connectivity index (χ0v) is 23.5. The number of hydrogen-bond donors (Lipinski definition) is 1. The van der Waals surface area contributed by atoms with Crippen LogP contribution < -0.4 is 0 Å². The molecule has 1 N–H and O–H groups in total. The van der Waals surface area contributed by atoms with Gasteiger partial charge in [0.2, 0.25) is 5.91 Å². The van der Waals surface area contributed by atoms with Gasteiger partial charge in [-0.25, -0.2) is 8.42 Å². The van der Waals surface area contributed by atoms with Crippen LogP contribution in [-0.2, 0) is 19.4 Å². The first-order chi connectivity index (χ1) is 16.5. The van der Waals surface area contributed by atoms with Crippen LogP contribution in [0.15, 0.2) is 48.5 Å². The molecule has 3 rings (SSSR count). The molecule has 4 atom stereocenters. The van der Waals surface area contributed by atoms with Gasteiger partial charge in [0, 0.05) is 22.2 Å². The molecule has 0 saturated carbocycles. The van der Waals surface area contributed by atoms with E-state index in [1.165, 1.54) is 0 Å². The minimum absolute atomic E-state index is 0.252. The summed E-state index contributed by atoms with van der Waals surface area (Å²) in [4.78, 5) is 27.8. The second kappa shape index (κ2) is 10.3. The van der Waals surface area contributed by atoms with E-state index in [2.05, 4.69) is 0 Å². The molecule has 0 aromatic heterocycles. The van der Waals surface area contributed by atoms with Gasteiger partial charge in [0.25, 0.3) is 0 Å². The second-order valence-electron chi connectivity index (χ2n) is 11.2. The summed E-state index contributed by atoms with van der Waals surface area (Å²) in [6, 6.07) is 13.2. The number of aliphatic carboxylic acids is 1. The number of amides is 1. The molecule has 1 aliphatic rings. The molecule has 2 aromatic carbocycles. The van der Waals surface area contributed by atoms with Crippen LogP contribution >= 0.6 is 23.2 Å². The van der Waals surface area contributed by atoms with E-state index in [0.717, 1.165) is 17.4 Å². The number of carbonyl (C=O) groups excluding carboxylic acids is 1. The molecule has 6 nitrogen and oxygen atoms in total. The van der Waals surface area contributed by atoms with E-state index in [-0.39, 0.29) is 30.4 Å². The normalized spacial score (nSPS) is 24.0. The first-order valence-electron chi connectivity index (χ1n) is 11.7. The summed E-state index contributed by atoms with van der Waals surface area (Å²) in [5.74, 6) is -2.04. The number of hydrogen-bond acceptors (Lipinski definition) is 4. The highest BCUT2D eigenvalue weighted by molar-refractivity contribution is 7.90. The highest BCUT2D eigenvalue weighted by Crippen LogP contribution is 2.53. The molecule has 9 heteroatoms. The molecule has 2 aromatic rings. The smallest absolute Gasteiger partial charge is 0.304 e. The minimum atomic E-state index is -3.49. The number of benzene rings is 2. The van der Waals surface area contributed by atoms with E-state index < -0.39 is 38.7 Å². The number of sulfone groups is 1. The first-order valence-corrected chi connectivity index (χ1v) is 14.6. The Morgan fingerprint density at radius 2 is 1.72 bits per heavy atom. The molecule has 1 amide bonds. The Bertz CT molecular complexity index is 1240. The van der Waals surface area contributed by atoms with Gasteiger partial charge in [-0.2, -0.15) is 0 Å². The standard InChI is InChI=1S/C27H33Cl2NO5S/c1-26(2,3)22(16-36(5,34)35)30-24(17-9-11-19(28)12-10-17)21(18-7-6-8-20(29)13-18)14-27(4,25(30)33)15-23(31)32/h6-13,21-22,24H,14-16H2,1-5H3,(H,31,32)/t21-,22-,24-,27-/m1/s1. The number of carboxylic acids is 1. The van der Waals surface area contributed by atoms with Gasteiger partial charge in [-0.05, 0) is 47.2 Å². The highest BCUT2D eigenvalue weighted by Gasteiger charge is 2.54. The maximum atomic E-state index is 14.3. The molecule has 0 bridgehead atoms. The molecular formula is C27H33Cl2NO5S.